The first-order valence-electron chi connectivity index (χ1n) is 14.9. The summed E-state index contributed by atoms with van der Waals surface area (Å²) in [4.78, 5) is 46.2. The number of fused-ring (bicyclic) bond motifs is 1. The van der Waals surface area contributed by atoms with Crippen LogP contribution in [0.25, 0.3) is 11.0 Å². The first kappa shape index (κ1) is 31.6. The molecule has 0 atom stereocenters. The van der Waals surface area contributed by atoms with Gasteiger partial charge in [-0.3, -0.25) is 19.3 Å². The molecule has 240 valence electrons. The van der Waals surface area contributed by atoms with Crippen LogP contribution in [0.3, 0.4) is 0 Å². The van der Waals surface area contributed by atoms with Gasteiger partial charge in [-0.25, -0.2) is 13.4 Å². The third-order valence-corrected chi connectivity index (χ3v) is 9.01. The molecule has 3 aromatic carbocycles. The number of rotatable bonds is 9. The van der Waals surface area contributed by atoms with E-state index >= 15 is 0 Å². The number of carbonyl (C=O) groups is 3. The minimum atomic E-state index is -3.23. The van der Waals surface area contributed by atoms with Crippen LogP contribution in [-0.2, 0) is 16.4 Å². The second-order valence-corrected chi connectivity index (χ2v) is 13.4. The molecule has 0 radical (unpaired) electrons. The van der Waals surface area contributed by atoms with Gasteiger partial charge in [0.25, 0.3) is 11.8 Å². The van der Waals surface area contributed by atoms with Gasteiger partial charge < -0.3 is 19.4 Å². The summed E-state index contributed by atoms with van der Waals surface area (Å²) in [6, 6.07) is 23.6. The van der Waals surface area contributed by atoms with E-state index in [0.717, 1.165) is 5.56 Å². The topological polar surface area (TPSA) is 139 Å². The van der Waals surface area contributed by atoms with E-state index in [1.54, 1.807) is 77.7 Å². The maximum Gasteiger partial charge on any atom is 0.291 e. The van der Waals surface area contributed by atoms with Crippen molar-refractivity contribution in [1.82, 2.24) is 14.8 Å². The largest absolute Gasteiger partial charge is 0.451 e. The van der Waals surface area contributed by atoms with Crippen molar-refractivity contribution < 1.29 is 32.0 Å². The monoisotopic (exact) mass is 652 g/mol. The lowest BCUT2D eigenvalue weighted by molar-refractivity contribution is 0.0628. The van der Waals surface area contributed by atoms with Crippen molar-refractivity contribution in [1.29, 1.82) is 0 Å². The molecule has 6 rings (SSSR count). The van der Waals surface area contributed by atoms with E-state index < -0.39 is 15.7 Å². The molecule has 0 saturated carbocycles. The summed E-state index contributed by atoms with van der Waals surface area (Å²) in [5.74, 6) is 0.323. The summed E-state index contributed by atoms with van der Waals surface area (Å²) < 4.78 is 35.0. The standard InChI is InChI=1S/C35H32N4O7S/c1-23(40)25-7-10-29(11-8-25)45-33-14-9-28(21-36-33)37-34(41)32-19-26-5-6-27(20-31(26)46-32)35(42)39-17-15-38(16-18-39)22-24-3-12-30(13-4-24)47(2,43)44/h3-14,19-21H,15-18,22H2,1-2H3,(H,37,41). The molecule has 1 saturated heterocycles. The molecule has 1 aliphatic rings. The number of carbonyl (C=O) groups excluding carboxylic acids is 3. The molecular weight excluding hydrogens is 620 g/mol. The number of hydrogen-bond donors (Lipinski definition) is 1. The maximum absolute atomic E-state index is 13.3. The molecule has 2 amide bonds. The average Bonchev–Trinajstić information content (AvgIpc) is 3.50. The van der Waals surface area contributed by atoms with Gasteiger partial charge in [-0.1, -0.05) is 18.2 Å². The zero-order chi connectivity index (χ0) is 33.1. The summed E-state index contributed by atoms with van der Waals surface area (Å²) in [6.45, 7) is 4.63. The molecule has 1 fully saturated rings. The molecule has 2 aromatic heterocycles. The third kappa shape index (κ3) is 7.56. The number of ketones is 1. The number of furan rings is 1. The van der Waals surface area contributed by atoms with E-state index in [1.165, 1.54) is 19.4 Å². The predicted molar refractivity (Wildman–Crippen MR) is 176 cm³/mol. The van der Waals surface area contributed by atoms with Gasteiger partial charge >= 0.3 is 0 Å². The number of sulfone groups is 1. The number of nitrogens with zero attached hydrogens (tertiary/aromatic N) is 3. The first-order valence-corrected chi connectivity index (χ1v) is 16.8. The van der Waals surface area contributed by atoms with E-state index in [-0.39, 0.29) is 17.5 Å². The zero-order valence-corrected chi connectivity index (χ0v) is 26.6. The van der Waals surface area contributed by atoms with Crippen molar-refractivity contribution in [2.75, 3.05) is 37.8 Å². The molecule has 3 heterocycles. The van der Waals surface area contributed by atoms with Crippen molar-refractivity contribution in [3.63, 3.8) is 0 Å². The highest BCUT2D eigenvalue weighted by molar-refractivity contribution is 7.90. The fourth-order valence-corrected chi connectivity index (χ4v) is 5.88. The Morgan fingerprint density at radius 1 is 0.872 bits per heavy atom. The quantitative estimate of drug-likeness (QED) is 0.206. The van der Waals surface area contributed by atoms with E-state index in [2.05, 4.69) is 15.2 Å². The Kier molecular flexibility index (Phi) is 8.88. The SMILES string of the molecule is CC(=O)c1ccc(Oc2ccc(NC(=O)c3cc4ccc(C(=O)N5CCN(Cc6ccc(S(C)(=O)=O)cc6)CC5)cc4o3)cn2)cc1. The summed E-state index contributed by atoms with van der Waals surface area (Å²) in [6.07, 6.45) is 2.65. The van der Waals surface area contributed by atoms with E-state index in [9.17, 15) is 22.8 Å². The Balaban J connectivity index is 1.03. The second kappa shape index (κ2) is 13.2. The summed E-state index contributed by atoms with van der Waals surface area (Å²) >= 11 is 0. The van der Waals surface area contributed by atoms with E-state index in [4.69, 9.17) is 9.15 Å². The summed E-state index contributed by atoms with van der Waals surface area (Å²) in [7, 11) is -3.23. The Morgan fingerprint density at radius 3 is 2.21 bits per heavy atom. The van der Waals surface area contributed by atoms with Gasteiger partial charge in [-0.05, 0) is 73.2 Å². The zero-order valence-electron chi connectivity index (χ0n) is 25.8. The van der Waals surface area contributed by atoms with Crippen molar-refractivity contribution >= 4 is 44.1 Å². The molecule has 47 heavy (non-hydrogen) atoms. The van der Waals surface area contributed by atoms with Gasteiger partial charge in [0.05, 0.1) is 16.8 Å². The van der Waals surface area contributed by atoms with Crippen molar-refractivity contribution in [3.8, 4) is 11.6 Å². The van der Waals surface area contributed by atoms with E-state index in [0.29, 0.717) is 77.0 Å². The predicted octanol–water partition coefficient (Wildman–Crippen LogP) is 5.44. The van der Waals surface area contributed by atoms with Crippen LogP contribution in [0, 0.1) is 0 Å². The molecule has 0 bridgehead atoms. The van der Waals surface area contributed by atoms with Gasteiger partial charge in [-0.15, -0.1) is 0 Å². The lowest BCUT2D eigenvalue weighted by Crippen LogP contribution is -2.48. The number of amides is 2. The van der Waals surface area contributed by atoms with Crippen LogP contribution in [0.5, 0.6) is 11.6 Å². The molecule has 0 aliphatic carbocycles. The van der Waals surface area contributed by atoms with Crippen molar-refractivity contribution in [2.24, 2.45) is 0 Å². The van der Waals surface area contributed by atoms with Crippen LogP contribution in [0.15, 0.2) is 100 Å². The minimum absolute atomic E-state index is 0.0329. The maximum atomic E-state index is 13.3. The molecule has 11 nitrogen and oxygen atoms in total. The van der Waals surface area contributed by atoms with Gasteiger partial charge in [0.1, 0.15) is 11.3 Å². The number of pyridine rings is 1. The summed E-state index contributed by atoms with van der Waals surface area (Å²) in [5.41, 5.74) is 2.93. The molecule has 12 heteroatoms. The van der Waals surface area contributed by atoms with Gasteiger partial charge in [0, 0.05) is 61.6 Å². The average molecular weight is 653 g/mol. The van der Waals surface area contributed by atoms with Crippen LogP contribution in [0.4, 0.5) is 5.69 Å². The fraction of sp³-hybridized carbons (Fsp3) is 0.200. The molecule has 0 spiro atoms. The van der Waals surface area contributed by atoms with Crippen molar-refractivity contribution in [2.45, 2.75) is 18.4 Å². The normalized spacial score (nSPS) is 13.8. The van der Waals surface area contributed by atoms with Crippen LogP contribution in [0.1, 0.15) is 43.8 Å². The van der Waals surface area contributed by atoms with Gasteiger partial charge in [-0.2, -0.15) is 0 Å². The molecule has 1 aliphatic heterocycles. The first-order chi connectivity index (χ1) is 22.5. The molecular formula is C35H32N4O7S. The number of piperazine rings is 1. The Hall–Kier alpha value is -5.33. The van der Waals surface area contributed by atoms with Crippen LogP contribution < -0.4 is 10.1 Å². The van der Waals surface area contributed by atoms with Crippen LogP contribution in [0.2, 0.25) is 0 Å². The molecule has 5 aromatic rings. The number of Topliss-reactive ketones (excluding diaryl/α,β-unsaturated/α-hetero) is 1. The number of hydrogen-bond acceptors (Lipinski definition) is 9. The number of benzene rings is 3. The summed E-state index contributed by atoms with van der Waals surface area (Å²) in [5, 5.41) is 3.45. The van der Waals surface area contributed by atoms with E-state index in [1.807, 2.05) is 12.1 Å². The number of anilines is 1. The van der Waals surface area contributed by atoms with Crippen LogP contribution in [-0.4, -0.2) is 73.2 Å². The minimum Gasteiger partial charge on any atom is -0.451 e. The Bertz CT molecular complexity index is 2050. The lowest BCUT2D eigenvalue weighted by Gasteiger charge is -2.34. The van der Waals surface area contributed by atoms with Crippen molar-refractivity contribution in [3.05, 3.63) is 114 Å². The fourth-order valence-electron chi connectivity index (χ4n) is 5.25. The van der Waals surface area contributed by atoms with Gasteiger partial charge in [0.15, 0.2) is 21.4 Å². The smallest absolute Gasteiger partial charge is 0.291 e. The van der Waals surface area contributed by atoms with Gasteiger partial charge in [0.2, 0.25) is 5.88 Å². The number of nitrogens with one attached hydrogen (secondary N) is 1. The highest BCUT2D eigenvalue weighted by Crippen LogP contribution is 2.25. The molecule has 0 unspecified atom stereocenters. The molecule has 1 N–H and O–H groups in total. The number of aromatic nitrogens is 1. The highest BCUT2D eigenvalue weighted by atomic mass is 32.2. The second-order valence-electron chi connectivity index (χ2n) is 11.4. The van der Waals surface area contributed by atoms with Crippen LogP contribution >= 0.6 is 0 Å². The Morgan fingerprint density at radius 2 is 1.57 bits per heavy atom. The lowest BCUT2D eigenvalue weighted by atomic mass is 10.1. The third-order valence-electron chi connectivity index (χ3n) is 7.89. The Labute approximate surface area is 271 Å². The number of ether oxygens (including phenoxy) is 1. The highest BCUT2D eigenvalue weighted by Gasteiger charge is 2.23.